The summed E-state index contributed by atoms with van der Waals surface area (Å²) in [6, 6.07) is 0. The maximum Gasteiger partial charge on any atom is 2.00 e. The van der Waals surface area contributed by atoms with Crippen LogP contribution in [0.2, 0.25) is 0 Å². The number of hydrogen-bond donors (Lipinski definition) is 1. The quantitative estimate of drug-likeness (QED) is 0.341. The minimum atomic E-state index is -3.72. The molecule has 0 saturated heterocycles. The van der Waals surface area contributed by atoms with Gasteiger partial charge in [-0.25, -0.2) is 0 Å². The Labute approximate surface area is 85.6 Å². The topological polar surface area (TPSA) is 54.4 Å². The Morgan fingerprint density at radius 1 is 1.30 bits per heavy atom. The van der Waals surface area contributed by atoms with E-state index in [4.69, 9.17) is 4.55 Å². The molecule has 0 saturated carbocycles. The number of unbranched alkanes of at least 4 members (excludes halogenated alkanes) is 1. The molecule has 0 aromatic carbocycles. The van der Waals surface area contributed by atoms with Crippen LogP contribution < -0.4 is 0 Å². The van der Waals surface area contributed by atoms with Crippen LogP contribution in [0.3, 0.4) is 0 Å². The number of halogens is 1. The van der Waals surface area contributed by atoms with Crippen molar-refractivity contribution in [1.29, 1.82) is 0 Å². The van der Waals surface area contributed by atoms with Gasteiger partial charge in [-0.15, -0.1) is 0 Å². The molecule has 0 fully saturated rings. The van der Waals surface area contributed by atoms with Crippen LogP contribution >= 0.6 is 15.9 Å². The van der Waals surface area contributed by atoms with E-state index in [0.29, 0.717) is 6.42 Å². The predicted octanol–water partition coefficient (Wildman–Crippen LogP) is 0.669. The minimum absolute atomic E-state index is 0. The van der Waals surface area contributed by atoms with E-state index in [2.05, 4.69) is 15.9 Å². The third-order valence-electron chi connectivity index (χ3n) is 0.786. The molecule has 0 spiro atoms. The maximum atomic E-state index is 10.0. The van der Waals surface area contributed by atoms with E-state index in [1.54, 1.807) is 0 Å². The molecule has 0 bridgehead atoms. The van der Waals surface area contributed by atoms with Gasteiger partial charge in [-0.1, -0.05) is 15.9 Å². The van der Waals surface area contributed by atoms with Crippen LogP contribution in [0.15, 0.2) is 0 Å². The first-order chi connectivity index (χ1) is 4.06. The van der Waals surface area contributed by atoms with Crippen LogP contribution in [-0.2, 0) is 10.1 Å². The molecule has 0 rings (SSSR count). The Morgan fingerprint density at radius 2 is 1.80 bits per heavy atom. The molecule has 0 amide bonds. The Kier molecular flexibility index (Phi) is 9.39. The van der Waals surface area contributed by atoms with Crippen molar-refractivity contribution in [1.82, 2.24) is 0 Å². The van der Waals surface area contributed by atoms with E-state index in [1.807, 2.05) is 0 Å². The van der Waals surface area contributed by atoms with E-state index in [-0.39, 0.29) is 28.8 Å². The van der Waals surface area contributed by atoms with Gasteiger partial charge in [-0.3, -0.25) is 4.55 Å². The Balaban J connectivity index is 0. The fraction of sp³-hybridized carbons (Fsp3) is 1.00. The summed E-state index contributed by atoms with van der Waals surface area (Å²) in [5, 5.41) is 0.780. The summed E-state index contributed by atoms with van der Waals surface area (Å²) >= 11 is 3.14. The normalized spacial score (nSPS) is 10.6. The van der Waals surface area contributed by atoms with Crippen LogP contribution in [0.5, 0.6) is 0 Å². The molecule has 0 aromatic heterocycles. The van der Waals surface area contributed by atoms with E-state index in [9.17, 15) is 8.42 Å². The molecule has 0 aliphatic carbocycles. The summed E-state index contributed by atoms with van der Waals surface area (Å²) in [4.78, 5) is 0. The zero-order valence-corrected chi connectivity index (χ0v) is 9.40. The Morgan fingerprint density at radius 3 is 2.10 bits per heavy atom. The molecule has 0 aliphatic heterocycles. The van der Waals surface area contributed by atoms with Crippen molar-refractivity contribution in [2.75, 3.05) is 11.1 Å². The average Bonchev–Trinajstić information content (AvgIpc) is 1.63. The minimum Gasteiger partial charge on any atom is -0.286 e. The van der Waals surface area contributed by atoms with E-state index in [1.165, 1.54) is 0 Å². The molecule has 0 aromatic rings. The van der Waals surface area contributed by atoms with Crippen molar-refractivity contribution < 1.29 is 13.0 Å². The summed E-state index contributed by atoms with van der Waals surface area (Å²) in [5.41, 5.74) is 0. The zero-order valence-electron chi connectivity index (χ0n) is 5.59. The summed E-state index contributed by atoms with van der Waals surface area (Å²) in [6.45, 7) is 0. The second-order valence-electron chi connectivity index (χ2n) is 1.68. The molecule has 0 aliphatic rings. The second kappa shape index (κ2) is 6.84. The van der Waals surface area contributed by atoms with Gasteiger partial charge in [-0.05, 0) is 12.8 Å². The number of rotatable bonds is 4. The molecule has 0 unspecified atom stereocenters. The van der Waals surface area contributed by atoms with Gasteiger partial charge in [0.1, 0.15) is 0 Å². The fourth-order valence-corrected chi connectivity index (χ4v) is 1.34. The first-order valence-corrected chi connectivity index (χ1v) is 5.30. The number of hydrogen-bond acceptors (Lipinski definition) is 2. The standard InChI is InChI=1S/C4H9BrO3S.Mg/c5-3-1-2-4-9(6,7)8;/h1-4H2,(H,6,7,8);/q;+2. The van der Waals surface area contributed by atoms with E-state index < -0.39 is 10.1 Å². The van der Waals surface area contributed by atoms with Crippen molar-refractivity contribution in [2.45, 2.75) is 12.8 Å². The van der Waals surface area contributed by atoms with Gasteiger partial charge < -0.3 is 0 Å². The molecular formula is C4H9BrMgO3S+2. The van der Waals surface area contributed by atoms with Crippen LogP contribution in [0.1, 0.15) is 12.8 Å². The summed E-state index contributed by atoms with van der Waals surface area (Å²) < 4.78 is 28.3. The molecule has 3 nitrogen and oxygen atoms in total. The molecule has 1 N–H and O–H groups in total. The monoisotopic (exact) mass is 240 g/mol. The SMILES string of the molecule is O=S(=O)(O)CCCCBr.[Mg+2]. The van der Waals surface area contributed by atoms with Gasteiger partial charge in [-0.2, -0.15) is 8.42 Å². The van der Waals surface area contributed by atoms with Gasteiger partial charge in [0, 0.05) is 5.33 Å². The van der Waals surface area contributed by atoms with Crippen molar-refractivity contribution in [3.8, 4) is 0 Å². The maximum absolute atomic E-state index is 10.0. The van der Waals surface area contributed by atoms with Gasteiger partial charge in [0.15, 0.2) is 0 Å². The van der Waals surface area contributed by atoms with Gasteiger partial charge in [0.25, 0.3) is 10.1 Å². The number of alkyl halides is 1. The van der Waals surface area contributed by atoms with Gasteiger partial charge in [0.2, 0.25) is 0 Å². The molecule has 10 heavy (non-hydrogen) atoms. The largest absolute Gasteiger partial charge is 2.00 e. The van der Waals surface area contributed by atoms with E-state index >= 15 is 0 Å². The third-order valence-corrected chi connectivity index (χ3v) is 2.15. The van der Waals surface area contributed by atoms with Gasteiger partial charge in [0.05, 0.1) is 5.75 Å². The van der Waals surface area contributed by atoms with Crippen molar-refractivity contribution in [3.63, 3.8) is 0 Å². The zero-order chi connectivity index (χ0) is 7.33. The molecule has 56 valence electrons. The fourth-order valence-electron chi connectivity index (χ4n) is 0.379. The summed E-state index contributed by atoms with van der Waals surface area (Å²) in [6.07, 6.45) is 1.30. The molecule has 0 atom stereocenters. The summed E-state index contributed by atoms with van der Waals surface area (Å²) in [5.74, 6) is -0.126. The second-order valence-corrected chi connectivity index (χ2v) is 4.05. The van der Waals surface area contributed by atoms with E-state index in [0.717, 1.165) is 11.8 Å². The smallest absolute Gasteiger partial charge is 0.286 e. The average molecular weight is 241 g/mol. The van der Waals surface area contributed by atoms with Crippen molar-refractivity contribution in [2.24, 2.45) is 0 Å². The third kappa shape index (κ3) is 11.9. The first kappa shape index (κ1) is 13.7. The van der Waals surface area contributed by atoms with Crippen molar-refractivity contribution in [3.05, 3.63) is 0 Å². The van der Waals surface area contributed by atoms with Crippen molar-refractivity contribution >= 4 is 49.1 Å². The molecule has 0 heterocycles. The van der Waals surface area contributed by atoms with Crippen LogP contribution in [0.25, 0.3) is 0 Å². The first-order valence-electron chi connectivity index (χ1n) is 2.57. The van der Waals surface area contributed by atoms with Crippen LogP contribution in [0.4, 0.5) is 0 Å². The molecule has 6 heteroatoms. The molecular weight excluding hydrogens is 232 g/mol. The Bertz CT molecular complexity index is 156. The van der Waals surface area contributed by atoms with Crippen LogP contribution in [0, 0.1) is 0 Å². The predicted molar refractivity (Wildman–Crippen MR) is 45.2 cm³/mol. The van der Waals surface area contributed by atoms with Crippen LogP contribution in [-0.4, -0.2) is 47.1 Å². The molecule has 0 radical (unpaired) electrons. The van der Waals surface area contributed by atoms with Gasteiger partial charge >= 0.3 is 23.1 Å². The summed E-state index contributed by atoms with van der Waals surface area (Å²) in [7, 11) is -3.72. The Hall–Kier alpha value is 1.16.